The molecule has 0 radical (unpaired) electrons. The minimum absolute atomic E-state index is 0.0934. The lowest BCUT2D eigenvalue weighted by Gasteiger charge is -2.08. The van der Waals surface area contributed by atoms with Gasteiger partial charge in [0.15, 0.2) is 21.3 Å². The highest BCUT2D eigenvalue weighted by Crippen LogP contribution is 2.32. The van der Waals surface area contributed by atoms with E-state index in [2.05, 4.69) is 15.5 Å². The summed E-state index contributed by atoms with van der Waals surface area (Å²) in [6.45, 7) is 3.40. The maximum Gasteiger partial charge on any atom is 0.322 e. The summed E-state index contributed by atoms with van der Waals surface area (Å²) in [4.78, 5) is 12.3. The predicted octanol–water partition coefficient (Wildman–Crippen LogP) is 3.30. The molecule has 2 heterocycles. The van der Waals surface area contributed by atoms with E-state index in [0.29, 0.717) is 17.1 Å². The van der Waals surface area contributed by atoms with Crippen molar-refractivity contribution in [1.82, 2.24) is 10.2 Å². The highest BCUT2D eigenvalue weighted by molar-refractivity contribution is 7.92. The van der Waals surface area contributed by atoms with Crippen LogP contribution in [0.4, 0.5) is 6.01 Å². The second-order valence-electron chi connectivity index (χ2n) is 6.97. The van der Waals surface area contributed by atoms with Crippen LogP contribution in [0.25, 0.3) is 17.5 Å². The summed E-state index contributed by atoms with van der Waals surface area (Å²) in [5.41, 5.74) is 1.19. The molecule has 1 aromatic heterocycles. The SMILES string of the molecule is CC(C)S(=O)(=O)c1cccc(-c2nnc(NC(=O)C=Cc3ccc4c(c3)OCO4)o2)c1. The van der Waals surface area contributed by atoms with Gasteiger partial charge in [0.2, 0.25) is 12.7 Å². The van der Waals surface area contributed by atoms with Crippen molar-refractivity contribution in [3.05, 3.63) is 54.1 Å². The molecule has 3 aromatic rings. The molecule has 1 amide bonds. The van der Waals surface area contributed by atoms with Crippen molar-refractivity contribution in [3.8, 4) is 23.0 Å². The van der Waals surface area contributed by atoms with Gasteiger partial charge < -0.3 is 13.9 Å². The number of fused-ring (bicyclic) bond motifs is 1. The molecule has 0 saturated heterocycles. The van der Waals surface area contributed by atoms with Crippen molar-refractivity contribution in [3.63, 3.8) is 0 Å². The number of benzene rings is 2. The number of ether oxygens (including phenoxy) is 2. The van der Waals surface area contributed by atoms with E-state index in [9.17, 15) is 13.2 Å². The van der Waals surface area contributed by atoms with E-state index in [4.69, 9.17) is 13.9 Å². The Bertz CT molecular complexity index is 1260. The van der Waals surface area contributed by atoms with Crippen LogP contribution in [-0.2, 0) is 14.6 Å². The van der Waals surface area contributed by atoms with Crippen molar-refractivity contribution in [1.29, 1.82) is 0 Å². The molecule has 1 N–H and O–H groups in total. The first-order chi connectivity index (χ1) is 14.8. The lowest BCUT2D eigenvalue weighted by atomic mass is 10.2. The fourth-order valence-corrected chi connectivity index (χ4v) is 3.91. The van der Waals surface area contributed by atoms with Gasteiger partial charge >= 0.3 is 6.01 Å². The van der Waals surface area contributed by atoms with Gasteiger partial charge in [-0.1, -0.05) is 17.2 Å². The molecule has 0 spiro atoms. The minimum atomic E-state index is -3.44. The molecule has 31 heavy (non-hydrogen) atoms. The van der Waals surface area contributed by atoms with E-state index in [1.54, 1.807) is 50.3 Å². The number of rotatable bonds is 6. The molecule has 2 aromatic carbocycles. The second kappa shape index (κ2) is 8.23. The Hall–Kier alpha value is -3.66. The normalized spacial score (nSPS) is 13.1. The summed E-state index contributed by atoms with van der Waals surface area (Å²) in [7, 11) is -3.44. The van der Waals surface area contributed by atoms with Crippen LogP contribution in [0.3, 0.4) is 0 Å². The van der Waals surface area contributed by atoms with Gasteiger partial charge in [-0.25, -0.2) is 8.42 Å². The van der Waals surface area contributed by atoms with Gasteiger partial charge in [0.1, 0.15) is 0 Å². The first kappa shape index (κ1) is 20.6. The molecule has 160 valence electrons. The van der Waals surface area contributed by atoms with Crippen molar-refractivity contribution in [2.75, 3.05) is 12.1 Å². The largest absolute Gasteiger partial charge is 0.454 e. The fourth-order valence-electron chi connectivity index (χ4n) is 2.80. The standard InChI is InChI=1S/C21H19N3O6S/c1-13(2)31(26,27)16-5-3-4-15(11-16)20-23-24-21(30-20)22-19(25)9-7-14-6-8-17-18(10-14)29-12-28-17/h3-11,13H,12H2,1-2H3,(H,22,24,25). The Morgan fingerprint density at radius 2 is 1.90 bits per heavy atom. The first-order valence-corrected chi connectivity index (χ1v) is 10.9. The van der Waals surface area contributed by atoms with Crippen molar-refractivity contribution < 1.29 is 27.1 Å². The van der Waals surface area contributed by atoms with Gasteiger partial charge in [-0.2, -0.15) is 0 Å². The molecule has 0 atom stereocenters. The summed E-state index contributed by atoms with van der Waals surface area (Å²) < 4.78 is 40.8. The van der Waals surface area contributed by atoms with Crippen molar-refractivity contribution >= 4 is 27.8 Å². The number of carbonyl (C=O) groups is 1. The molecule has 0 bridgehead atoms. The van der Waals surface area contributed by atoms with Crippen LogP contribution in [0.1, 0.15) is 19.4 Å². The Morgan fingerprint density at radius 1 is 1.10 bits per heavy atom. The topological polar surface area (TPSA) is 121 Å². The molecule has 0 fully saturated rings. The van der Waals surface area contributed by atoms with Crippen molar-refractivity contribution in [2.24, 2.45) is 0 Å². The molecular formula is C21H19N3O6S. The summed E-state index contributed by atoms with van der Waals surface area (Å²) in [6.07, 6.45) is 2.92. The number of hydrogen-bond acceptors (Lipinski definition) is 8. The summed E-state index contributed by atoms with van der Waals surface area (Å²) >= 11 is 0. The fraction of sp³-hybridized carbons (Fsp3) is 0.190. The Morgan fingerprint density at radius 3 is 2.71 bits per heavy atom. The lowest BCUT2D eigenvalue weighted by Crippen LogP contribution is -2.13. The van der Waals surface area contributed by atoms with E-state index in [0.717, 1.165) is 5.56 Å². The summed E-state index contributed by atoms with van der Waals surface area (Å²) in [5, 5.41) is 9.60. The highest BCUT2D eigenvalue weighted by Gasteiger charge is 2.20. The number of hydrogen-bond donors (Lipinski definition) is 1. The monoisotopic (exact) mass is 441 g/mol. The number of carbonyl (C=O) groups excluding carboxylic acids is 1. The molecule has 4 rings (SSSR count). The van der Waals surface area contributed by atoms with E-state index < -0.39 is 21.0 Å². The van der Waals surface area contributed by atoms with Gasteiger partial charge in [-0.05, 0) is 55.8 Å². The lowest BCUT2D eigenvalue weighted by molar-refractivity contribution is -0.112. The predicted molar refractivity (Wildman–Crippen MR) is 112 cm³/mol. The van der Waals surface area contributed by atoms with Crippen LogP contribution in [0, 0.1) is 0 Å². The van der Waals surface area contributed by atoms with Crippen molar-refractivity contribution in [2.45, 2.75) is 24.0 Å². The maximum atomic E-state index is 12.4. The molecular weight excluding hydrogens is 422 g/mol. The summed E-state index contributed by atoms with van der Waals surface area (Å²) in [5.74, 6) is 0.899. The Kier molecular flexibility index (Phi) is 5.47. The Labute approximate surface area is 178 Å². The average molecular weight is 441 g/mol. The van der Waals surface area contributed by atoms with E-state index in [1.165, 1.54) is 18.2 Å². The highest BCUT2D eigenvalue weighted by atomic mass is 32.2. The van der Waals surface area contributed by atoms with E-state index >= 15 is 0 Å². The van der Waals surface area contributed by atoms with Crippen LogP contribution in [0.2, 0.25) is 0 Å². The van der Waals surface area contributed by atoms with Crippen LogP contribution in [0.15, 0.2) is 57.9 Å². The molecule has 0 unspecified atom stereocenters. The third-order valence-electron chi connectivity index (χ3n) is 4.51. The molecule has 1 aliphatic heterocycles. The zero-order valence-corrected chi connectivity index (χ0v) is 17.5. The molecule has 0 aliphatic carbocycles. The van der Waals surface area contributed by atoms with E-state index in [-0.39, 0.29) is 23.6 Å². The number of anilines is 1. The first-order valence-electron chi connectivity index (χ1n) is 9.39. The molecule has 1 aliphatic rings. The van der Waals surface area contributed by atoms with Crippen LogP contribution >= 0.6 is 0 Å². The third-order valence-corrected chi connectivity index (χ3v) is 6.66. The van der Waals surface area contributed by atoms with E-state index in [1.807, 2.05) is 0 Å². The Balaban J connectivity index is 1.45. The number of nitrogens with one attached hydrogen (secondary N) is 1. The third kappa shape index (κ3) is 4.43. The van der Waals surface area contributed by atoms with Gasteiger partial charge in [0.25, 0.3) is 5.91 Å². The van der Waals surface area contributed by atoms with Crippen LogP contribution in [-0.4, -0.2) is 36.6 Å². The maximum absolute atomic E-state index is 12.4. The zero-order chi connectivity index (χ0) is 22.0. The van der Waals surface area contributed by atoms with Gasteiger partial charge in [0, 0.05) is 11.6 Å². The zero-order valence-electron chi connectivity index (χ0n) is 16.7. The number of sulfone groups is 1. The second-order valence-corrected chi connectivity index (χ2v) is 9.47. The van der Waals surface area contributed by atoms with Gasteiger partial charge in [-0.15, -0.1) is 5.10 Å². The van der Waals surface area contributed by atoms with Crippen LogP contribution < -0.4 is 14.8 Å². The van der Waals surface area contributed by atoms with Gasteiger partial charge in [0.05, 0.1) is 10.1 Å². The quantitative estimate of drug-likeness (QED) is 0.579. The number of nitrogens with zero attached hydrogens (tertiary/aromatic N) is 2. The molecule has 9 nitrogen and oxygen atoms in total. The van der Waals surface area contributed by atoms with Crippen LogP contribution in [0.5, 0.6) is 11.5 Å². The molecule has 10 heteroatoms. The minimum Gasteiger partial charge on any atom is -0.454 e. The summed E-state index contributed by atoms with van der Waals surface area (Å²) in [6, 6.07) is 11.4. The van der Waals surface area contributed by atoms with Gasteiger partial charge in [-0.3, -0.25) is 10.1 Å². The number of aromatic nitrogens is 2. The molecule has 0 saturated carbocycles. The average Bonchev–Trinajstić information content (AvgIpc) is 3.41. The smallest absolute Gasteiger partial charge is 0.322 e. The number of amides is 1.